The van der Waals surface area contributed by atoms with Crippen LogP contribution < -0.4 is 0 Å². The van der Waals surface area contributed by atoms with Gasteiger partial charge in [0, 0.05) is 6.42 Å². The Morgan fingerprint density at radius 3 is 1.53 bits per heavy atom. The Kier molecular flexibility index (Phi) is 18.1. The van der Waals surface area contributed by atoms with Gasteiger partial charge < -0.3 is 33.5 Å². The normalized spacial score (nSPS) is 11.4. The molecule has 216 valence electrons. The number of ether oxygens (including phenoxy) is 6. The lowest BCUT2D eigenvalue weighted by Gasteiger charge is -2.09. The Morgan fingerprint density at radius 2 is 1.08 bits per heavy atom. The molecule has 0 aliphatic carbocycles. The van der Waals surface area contributed by atoms with Crippen molar-refractivity contribution in [2.75, 3.05) is 79.3 Å². The summed E-state index contributed by atoms with van der Waals surface area (Å²) in [5, 5.41) is 8.41. The van der Waals surface area contributed by atoms with E-state index in [0.717, 1.165) is 5.56 Å². The maximum atomic E-state index is 12.0. The highest BCUT2D eigenvalue weighted by Crippen LogP contribution is 2.12. The second-order valence-corrected chi connectivity index (χ2v) is 9.22. The van der Waals surface area contributed by atoms with Crippen LogP contribution >= 0.6 is 0 Å². The lowest BCUT2D eigenvalue weighted by Crippen LogP contribution is -2.17. The van der Waals surface area contributed by atoms with Gasteiger partial charge in [-0.1, -0.05) is 17.7 Å². The molecule has 0 heterocycles. The van der Waals surface area contributed by atoms with Gasteiger partial charge in [-0.2, -0.15) is 8.42 Å². The van der Waals surface area contributed by atoms with Crippen molar-refractivity contribution in [2.45, 2.75) is 24.7 Å². The van der Waals surface area contributed by atoms with Crippen LogP contribution in [-0.2, 0) is 57.1 Å². The number of ketones is 1. The van der Waals surface area contributed by atoms with Crippen LogP contribution in [0.5, 0.6) is 0 Å². The van der Waals surface area contributed by atoms with Crippen LogP contribution in [-0.4, -0.2) is 111 Å². The second kappa shape index (κ2) is 20.5. The minimum absolute atomic E-state index is 0.00203. The molecule has 0 spiro atoms. The van der Waals surface area contributed by atoms with E-state index in [0.29, 0.717) is 52.9 Å². The minimum atomic E-state index is -3.79. The predicted octanol–water partition coefficient (Wildman–Crippen LogP) is 0.760. The number of rotatable bonds is 24. The highest BCUT2D eigenvalue weighted by molar-refractivity contribution is 7.86. The van der Waals surface area contributed by atoms with Crippen molar-refractivity contribution in [3.05, 3.63) is 29.8 Å². The second-order valence-electron chi connectivity index (χ2n) is 7.60. The van der Waals surface area contributed by atoms with Crippen molar-refractivity contribution in [2.24, 2.45) is 0 Å². The Bertz CT molecular complexity index is 916. The summed E-state index contributed by atoms with van der Waals surface area (Å²) in [6.45, 7) is 4.78. The number of carbonyl (C=O) groups is 3. The van der Waals surface area contributed by atoms with Gasteiger partial charge in [0.05, 0.1) is 84.0 Å². The standard InChI is InChI=1S/C24H36O13S/c1-20-2-4-21(5-3-20)38(29,30)37-19-17-35-15-13-33-11-9-31-8-10-32-12-14-34-16-18-36-23(26)7-6-22(25)24(27)28/h2-5H,6-19H2,1H3,(H,27,28). The van der Waals surface area contributed by atoms with E-state index in [1.54, 1.807) is 12.1 Å². The monoisotopic (exact) mass is 564 g/mol. The zero-order valence-electron chi connectivity index (χ0n) is 21.5. The quantitative estimate of drug-likeness (QED) is 0.0808. The molecule has 1 rings (SSSR count). The van der Waals surface area contributed by atoms with Gasteiger partial charge in [-0.3, -0.25) is 13.8 Å². The maximum absolute atomic E-state index is 12.0. The lowest BCUT2D eigenvalue weighted by atomic mass is 10.2. The topological polar surface area (TPSA) is 170 Å². The third-order valence-electron chi connectivity index (χ3n) is 4.55. The molecule has 14 heteroatoms. The predicted molar refractivity (Wildman–Crippen MR) is 131 cm³/mol. The molecule has 0 aliphatic heterocycles. The molecule has 13 nitrogen and oxygen atoms in total. The molecular formula is C24H36O13S. The average Bonchev–Trinajstić information content (AvgIpc) is 2.88. The number of aliphatic carboxylic acids is 1. The average molecular weight is 565 g/mol. The first-order valence-corrected chi connectivity index (χ1v) is 13.4. The molecule has 1 aromatic rings. The lowest BCUT2D eigenvalue weighted by molar-refractivity contribution is -0.151. The summed E-state index contributed by atoms with van der Waals surface area (Å²) in [6.07, 6.45) is -0.682. The SMILES string of the molecule is Cc1ccc(S(=O)(=O)OCCOCCOCCOCCOCCOCCOC(=O)CCC(=O)C(=O)O)cc1. The van der Waals surface area contributed by atoms with Gasteiger partial charge in [-0.15, -0.1) is 0 Å². The Morgan fingerprint density at radius 1 is 0.658 bits per heavy atom. The molecular weight excluding hydrogens is 528 g/mol. The molecule has 1 N–H and O–H groups in total. The van der Waals surface area contributed by atoms with E-state index in [1.807, 2.05) is 6.92 Å². The van der Waals surface area contributed by atoms with E-state index in [9.17, 15) is 22.8 Å². The molecule has 0 saturated carbocycles. The largest absolute Gasteiger partial charge is 0.476 e. The number of benzene rings is 1. The highest BCUT2D eigenvalue weighted by Gasteiger charge is 2.15. The molecule has 1 aromatic carbocycles. The van der Waals surface area contributed by atoms with Crippen molar-refractivity contribution in [1.82, 2.24) is 0 Å². The number of aryl methyl sites for hydroxylation is 1. The van der Waals surface area contributed by atoms with Crippen LogP contribution in [0.25, 0.3) is 0 Å². The van der Waals surface area contributed by atoms with Crippen molar-refractivity contribution in [3.8, 4) is 0 Å². The molecule has 0 amide bonds. The fourth-order valence-corrected chi connectivity index (χ4v) is 3.46. The van der Waals surface area contributed by atoms with Crippen LogP contribution in [0.3, 0.4) is 0 Å². The van der Waals surface area contributed by atoms with Crippen molar-refractivity contribution < 1.29 is 60.5 Å². The van der Waals surface area contributed by atoms with Crippen LogP contribution in [0, 0.1) is 6.92 Å². The van der Waals surface area contributed by atoms with Gasteiger partial charge >= 0.3 is 11.9 Å². The molecule has 0 fully saturated rings. The third kappa shape index (κ3) is 17.1. The van der Waals surface area contributed by atoms with Crippen molar-refractivity contribution >= 4 is 27.8 Å². The molecule has 0 atom stereocenters. The number of carboxylic acid groups (broad SMARTS) is 1. The zero-order chi connectivity index (χ0) is 28.1. The summed E-state index contributed by atoms with van der Waals surface area (Å²) in [5.74, 6) is -3.27. The smallest absolute Gasteiger partial charge is 0.372 e. The Labute approximate surface area is 222 Å². The first-order valence-electron chi connectivity index (χ1n) is 12.0. The molecule has 0 saturated heterocycles. The molecule has 38 heavy (non-hydrogen) atoms. The van der Waals surface area contributed by atoms with E-state index in [1.165, 1.54) is 12.1 Å². The Balaban J connectivity index is 1.81. The number of hydrogen-bond donors (Lipinski definition) is 1. The van der Waals surface area contributed by atoms with Gasteiger partial charge in [0.1, 0.15) is 6.61 Å². The number of carbonyl (C=O) groups excluding carboxylic acids is 2. The third-order valence-corrected chi connectivity index (χ3v) is 5.88. The van der Waals surface area contributed by atoms with E-state index >= 15 is 0 Å². The number of carboxylic acids is 1. The van der Waals surface area contributed by atoms with Crippen molar-refractivity contribution in [1.29, 1.82) is 0 Å². The number of Topliss-reactive ketones (excluding diaryl/α,β-unsaturated/α-hetero) is 1. The van der Waals surface area contributed by atoms with Crippen LogP contribution in [0.1, 0.15) is 18.4 Å². The fraction of sp³-hybridized carbons (Fsp3) is 0.625. The first-order chi connectivity index (χ1) is 18.2. The van der Waals surface area contributed by atoms with Crippen LogP contribution in [0.15, 0.2) is 29.2 Å². The summed E-state index contributed by atoms with van der Waals surface area (Å²) in [5.41, 5.74) is 0.958. The van der Waals surface area contributed by atoms with Gasteiger partial charge in [-0.25, -0.2) is 4.79 Å². The minimum Gasteiger partial charge on any atom is -0.476 e. The van der Waals surface area contributed by atoms with E-state index in [2.05, 4.69) is 0 Å². The van der Waals surface area contributed by atoms with Gasteiger partial charge in [0.25, 0.3) is 10.1 Å². The molecule has 0 aromatic heterocycles. The molecule has 0 radical (unpaired) electrons. The summed E-state index contributed by atoms with van der Waals surface area (Å²) in [4.78, 5) is 32.6. The van der Waals surface area contributed by atoms with E-state index in [-0.39, 0.29) is 37.7 Å². The van der Waals surface area contributed by atoms with Crippen LogP contribution in [0.4, 0.5) is 0 Å². The number of esters is 1. The van der Waals surface area contributed by atoms with E-state index < -0.39 is 34.3 Å². The summed E-state index contributed by atoms with van der Waals surface area (Å²) < 4.78 is 60.3. The zero-order valence-corrected chi connectivity index (χ0v) is 22.3. The summed E-state index contributed by atoms with van der Waals surface area (Å²) in [7, 11) is -3.79. The summed E-state index contributed by atoms with van der Waals surface area (Å²) >= 11 is 0. The van der Waals surface area contributed by atoms with Gasteiger partial charge in [0.2, 0.25) is 5.78 Å². The maximum Gasteiger partial charge on any atom is 0.372 e. The molecule has 0 unspecified atom stereocenters. The number of hydrogen-bond acceptors (Lipinski definition) is 12. The molecule has 0 bridgehead atoms. The molecule has 0 aliphatic rings. The Hall–Kier alpha value is -2.46. The highest BCUT2D eigenvalue weighted by atomic mass is 32.2. The van der Waals surface area contributed by atoms with Crippen LogP contribution in [0.2, 0.25) is 0 Å². The summed E-state index contributed by atoms with van der Waals surface area (Å²) in [6, 6.07) is 6.40. The van der Waals surface area contributed by atoms with Crippen molar-refractivity contribution in [3.63, 3.8) is 0 Å². The van der Waals surface area contributed by atoms with Gasteiger partial charge in [0.15, 0.2) is 0 Å². The van der Waals surface area contributed by atoms with Gasteiger partial charge in [-0.05, 0) is 19.1 Å². The first kappa shape index (κ1) is 33.6. The van der Waals surface area contributed by atoms with E-state index in [4.69, 9.17) is 37.7 Å². The fourth-order valence-electron chi connectivity index (χ4n) is 2.57.